The van der Waals surface area contributed by atoms with Crippen LogP contribution in [0.4, 0.5) is 10.3 Å². The molecule has 0 bridgehead atoms. The van der Waals surface area contributed by atoms with Crippen molar-refractivity contribution in [3.63, 3.8) is 0 Å². The first-order valence-electron chi connectivity index (χ1n) is 7.44. The number of halogens is 1. The Hall–Kier alpha value is -2.93. The second-order valence-electron chi connectivity index (χ2n) is 5.15. The summed E-state index contributed by atoms with van der Waals surface area (Å²) in [5.74, 6) is -0.304. The molecule has 0 saturated heterocycles. The van der Waals surface area contributed by atoms with Crippen LogP contribution < -0.4 is 5.32 Å². The van der Waals surface area contributed by atoms with Gasteiger partial charge in [0.25, 0.3) is 0 Å². The molecule has 0 aliphatic heterocycles. The minimum Gasteiger partial charge on any atom is -0.419 e. The SMILES string of the molecule is C=CCNc1oc(-c2ccc(F)cc2)nc1S(=O)(=O)c1ccccc1. The Labute approximate surface area is 144 Å². The van der Waals surface area contributed by atoms with Gasteiger partial charge in [-0.3, -0.25) is 0 Å². The van der Waals surface area contributed by atoms with Crippen LogP contribution in [0.5, 0.6) is 0 Å². The molecule has 1 heterocycles. The quantitative estimate of drug-likeness (QED) is 0.677. The van der Waals surface area contributed by atoms with Crippen molar-refractivity contribution in [1.29, 1.82) is 0 Å². The van der Waals surface area contributed by atoms with Crippen LogP contribution in [0.1, 0.15) is 0 Å². The van der Waals surface area contributed by atoms with E-state index in [-0.39, 0.29) is 21.7 Å². The first-order valence-corrected chi connectivity index (χ1v) is 8.92. The molecule has 0 atom stereocenters. The van der Waals surface area contributed by atoms with E-state index in [9.17, 15) is 12.8 Å². The molecule has 0 aliphatic carbocycles. The smallest absolute Gasteiger partial charge is 0.234 e. The van der Waals surface area contributed by atoms with E-state index in [0.717, 1.165) is 0 Å². The fourth-order valence-corrected chi connectivity index (χ4v) is 3.49. The lowest BCUT2D eigenvalue weighted by Gasteiger charge is -2.03. The van der Waals surface area contributed by atoms with Crippen LogP contribution in [0.3, 0.4) is 0 Å². The van der Waals surface area contributed by atoms with Gasteiger partial charge in [0.15, 0.2) is 0 Å². The van der Waals surface area contributed by atoms with Crippen molar-refractivity contribution >= 4 is 15.7 Å². The van der Waals surface area contributed by atoms with E-state index in [1.54, 1.807) is 24.3 Å². The minimum atomic E-state index is -3.87. The first kappa shape index (κ1) is 16.9. The van der Waals surface area contributed by atoms with E-state index in [2.05, 4.69) is 16.9 Å². The van der Waals surface area contributed by atoms with Crippen molar-refractivity contribution < 1.29 is 17.2 Å². The fourth-order valence-electron chi connectivity index (χ4n) is 2.19. The molecule has 0 unspecified atom stereocenters. The summed E-state index contributed by atoms with van der Waals surface area (Å²) in [5, 5.41) is 2.62. The zero-order valence-electron chi connectivity index (χ0n) is 13.1. The van der Waals surface area contributed by atoms with Crippen molar-refractivity contribution in [2.45, 2.75) is 9.92 Å². The second kappa shape index (κ2) is 6.90. The van der Waals surface area contributed by atoms with Gasteiger partial charge in [0.2, 0.25) is 26.6 Å². The van der Waals surface area contributed by atoms with Crippen LogP contribution >= 0.6 is 0 Å². The lowest BCUT2D eigenvalue weighted by Crippen LogP contribution is -2.07. The Morgan fingerprint density at radius 2 is 1.80 bits per heavy atom. The Morgan fingerprint density at radius 3 is 2.44 bits per heavy atom. The molecular weight excluding hydrogens is 343 g/mol. The summed E-state index contributed by atoms with van der Waals surface area (Å²) in [6.07, 6.45) is 1.57. The second-order valence-corrected chi connectivity index (χ2v) is 7.01. The topological polar surface area (TPSA) is 72.2 Å². The van der Waals surface area contributed by atoms with Crippen molar-refractivity contribution in [3.8, 4) is 11.5 Å². The monoisotopic (exact) mass is 358 g/mol. The summed E-state index contributed by atoms with van der Waals surface area (Å²) in [6, 6.07) is 13.4. The largest absolute Gasteiger partial charge is 0.419 e. The zero-order valence-corrected chi connectivity index (χ0v) is 14.0. The number of sulfone groups is 1. The van der Waals surface area contributed by atoms with Crippen molar-refractivity contribution in [2.24, 2.45) is 0 Å². The van der Waals surface area contributed by atoms with Gasteiger partial charge >= 0.3 is 0 Å². The molecule has 0 fully saturated rings. The van der Waals surface area contributed by atoms with Crippen molar-refractivity contribution in [2.75, 3.05) is 11.9 Å². The van der Waals surface area contributed by atoms with E-state index in [4.69, 9.17) is 4.42 Å². The number of hydrogen-bond acceptors (Lipinski definition) is 5. The summed E-state index contributed by atoms with van der Waals surface area (Å²) in [7, 11) is -3.87. The average Bonchev–Trinajstić information content (AvgIpc) is 3.06. The molecule has 25 heavy (non-hydrogen) atoms. The van der Waals surface area contributed by atoms with Crippen molar-refractivity contribution in [1.82, 2.24) is 4.98 Å². The van der Waals surface area contributed by atoms with Crippen LogP contribution in [-0.4, -0.2) is 19.9 Å². The Bertz CT molecular complexity index is 981. The highest BCUT2D eigenvalue weighted by molar-refractivity contribution is 7.91. The van der Waals surface area contributed by atoms with Gasteiger partial charge in [0.05, 0.1) is 4.90 Å². The summed E-state index contributed by atoms with van der Waals surface area (Å²) in [5.41, 5.74) is 0.470. The molecule has 3 aromatic rings. The van der Waals surface area contributed by atoms with Crippen LogP contribution in [-0.2, 0) is 9.84 Å². The highest BCUT2D eigenvalue weighted by Crippen LogP contribution is 2.32. The van der Waals surface area contributed by atoms with Gasteiger partial charge in [-0.2, -0.15) is 4.98 Å². The van der Waals surface area contributed by atoms with Crippen molar-refractivity contribution in [3.05, 3.63) is 73.1 Å². The molecule has 0 aliphatic rings. The lowest BCUT2D eigenvalue weighted by atomic mass is 10.2. The maximum Gasteiger partial charge on any atom is 0.234 e. The van der Waals surface area contributed by atoms with E-state index >= 15 is 0 Å². The standard InChI is InChI=1S/C18H15FN2O3S/c1-2-12-20-17-18(25(22,23)15-6-4-3-5-7-15)21-16(24-17)13-8-10-14(19)11-9-13/h2-11,20H,1,12H2. The number of benzene rings is 2. The molecule has 0 saturated carbocycles. The molecule has 3 rings (SSSR count). The highest BCUT2D eigenvalue weighted by atomic mass is 32.2. The normalized spacial score (nSPS) is 11.2. The maximum atomic E-state index is 13.1. The Kier molecular flexibility index (Phi) is 4.67. The number of rotatable bonds is 6. The first-order chi connectivity index (χ1) is 12.0. The van der Waals surface area contributed by atoms with Gasteiger partial charge in [-0.25, -0.2) is 12.8 Å². The summed E-state index contributed by atoms with van der Waals surface area (Å²) in [4.78, 5) is 4.24. The predicted octanol–water partition coefficient (Wildman–Crippen LogP) is 3.91. The van der Waals surface area contributed by atoms with Crippen LogP contribution in [0.25, 0.3) is 11.5 Å². The third kappa shape index (κ3) is 3.46. The Balaban J connectivity index is 2.11. The van der Waals surface area contributed by atoms with Crippen LogP contribution in [0.15, 0.2) is 81.6 Å². The molecule has 7 heteroatoms. The minimum absolute atomic E-state index is 0.0167. The third-order valence-electron chi connectivity index (χ3n) is 3.40. The van der Waals surface area contributed by atoms with E-state index in [1.165, 1.54) is 36.4 Å². The van der Waals surface area contributed by atoms with Gasteiger partial charge in [-0.05, 0) is 36.4 Å². The number of nitrogens with zero attached hydrogens (tertiary/aromatic N) is 1. The van der Waals surface area contributed by atoms with Gasteiger partial charge in [-0.15, -0.1) is 6.58 Å². The van der Waals surface area contributed by atoms with Gasteiger partial charge in [0.1, 0.15) is 5.82 Å². The van der Waals surface area contributed by atoms with E-state index < -0.39 is 15.7 Å². The Morgan fingerprint density at radius 1 is 1.12 bits per heavy atom. The molecule has 5 nitrogen and oxygen atoms in total. The molecule has 0 spiro atoms. The molecule has 2 aromatic carbocycles. The predicted molar refractivity (Wildman–Crippen MR) is 92.5 cm³/mol. The van der Waals surface area contributed by atoms with E-state index in [1.807, 2.05) is 0 Å². The lowest BCUT2D eigenvalue weighted by molar-refractivity contribution is 0.578. The molecular formula is C18H15FN2O3S. The van der Waals surface area contributed by atoms with E-state index in [0.29, 0.717) is 12.1 Å². The van der Waals surface area contributed by atoms with Gasteiger partial charge in [0, 0.05) is 12.1 Å². The number of oxazole rings is 1. The number of nitrogens with one attached hydrogen (secondary N) is 1. The summed E-state index contributed by atoms with van der Waals surface area (Å²) < 4.78 is 44.4. The summed E-state index contributed by atoms with van der Waals surface area (Å²) in [6.45, 7) is 3.89. The molecule has 1 aromatic heterocycles. The third-order valence-corrected chi connectivity index (χ3v) is 5.08. The van der Waals surface area contributed by atoms with Crippen LogP contribution in [0.2, 0.25) is 0 Å². The average molecular weight is 358 g/mol. The van der Waals surface area contributed by atoms with Gasteiger partial charge in [-0.1, -0.05) is 24.3 Å². The number of anilines is 1. The molecule has 128 valence electrons. The van der Waals surface area contributed by atoms with Crippen LogP contribution in [0, 0.1) is 5.82 Å². The van der Waals surface area contributed by atoms with Gasteiger partial charge < -0.3 is 9.73 Å². The number of aromatic nitrogens is 1. The number of hydrogen-bond donors (Lipinski definition) is 1. The highest BCUT2D eigenvalue weighted by Gasteiger charge is 2.28. The maximum absolute atomic E-state index is 13.1. The fraction of sp³-hybridized carbons (Fsp3) is 0.0556. The molecule has 1 N–H and O–H groups in total. The zero-order chi connectivity index (χ0) is 17.9. The molecule has 0 radical (unpaired) electrons. The summed E-state index contributed by atoms with van der Waals surface area (Å²) >= 11 is 0. The molecule has 0 amide bonds.